The molecule has 0 aliphatic carbocycles. The third kappa shape index (κ3) is 5.87. The lowest BCUT2D eigenvalue weighted by molar-refractivity contribution is -0.142. The number of urea groups is 1. The number of halogens is 2. The van der Waals surface area contributed by atoms with Crippen LogP contribution in [-0.4, -0.2) is 25.2 Å². The molecule has 0 bridgehead atoms. The summed E-state index contributed by atoms with van der Waals surface area (Å²) in [6, 6.07) is 9.81. The number of amides is 2. The van der Waals surface area contributed by atoms with Crippen LogP contribution in [0.5, 0.6) is 0 Å². The normalized spacial score (nSPS) is 11.5. The van der Waals surface area contributed by atoms with Crippen LogP contribution in [0.25, 0.3) is 0 Å². The molecule has 0 aromatic heterocycles. The van der Waals surface area contributed by atoms with Crippen molar-refractivity contribution in [3.63, 3.8) is 0 Å². The van der Waals surface area contributed by atoms with Crippen LogP contribution >= 0.6 is 0 Å². The number of benzene rings is 2. The van der Waals surface area contributed by atoms with Crippen molar-refractivity contribution in [1.82, 2.24) is 10.6 Å². The van der Waals surface area contributed by atoms with Crippen LogP contribution < -0.4 is 10.6 Å². The second-order valence-electron chi connectivity index (χ2n) is 5.36. The molecule has 0 saturated heterocycles. The van der Waals surface area contributed by atoms with Crippen molar-refractivity contribution in [3.8, 4) is 0 Å². The van der Waals surface area contributed by atoms with Crippen LogP contribution in [0.1, 0.15) is 11.1 Å². The average Bonchev–Trinajstić information content (AvgIpc) is 2.62. The lowest BCUT2D eigenvalue weighted by atomic mass is 10.1. The van der Waals surface area contributed by atoms with Crippen LogP contribution in [0.4, 0.5) is 13.6 Å². The second kappa shape index (κ2) is 8.77. The number of nitrogens with one attached hydrogen (secondary N) is 2. The lowest BCUT2D eigenvalue weighted by Gasteiger charge is -2.17. The molecule has 25 heavy (non-hydrogen) atoms. The fourth-order valence-electron chi connectivity index (χ4n) is 2.19. The van der Waals surface area contributed by atoms with Crippen LogP contribution in [0, 0.1) is 11.6 Å². The molecule has 0 spiro atoms. The van der Waals surface area contributed by atoms with E-state index in [0.29, 0.717) is 11.1 Å². The molecule has 0 radical (unpaired) electrons. The first kappa shape index (κ1) is 18.4. The Morgan fingerprint density at radius 3 is 2.00 bits per heavy atom. The van der Waals surface area contributed by atoms with Crippen molar-refractivity contribution in [2.45, 2.75) is 19.0 Å². The van der Waals surface area contributed by atoms with Gasteiger partial charge in [0.15, 0.2) is 0 Å². The number of ether oxygens (including phenoxy) is 1. The van der Waals surface area contributed by atoms with Gasteiger partial charge in [-0.15, -0.1) is 0 Å². The van der Waals surface area contributed by atoms with E-state index in [1.807, 2.05) is 0 Å². The highest BCUT2D eigenvalue weighted by molar-refractivity contribution is 5.83. The Balaban J connectivity index is 1.93. The minimum atomic E-state index is -0.913. The number of methoxy groups -OCH3 is 1. The molecule has 0 heterocycles. The maximum absolute atomic E-state index is 13.0. The number of carbonyl (C=O) groups excluding carboxylic acids is 2. The molecule has 1 atom stereocenters. The monoisotopic (exact) mass is 348 g/mol. The Morgan fingerprint density at radius 2 is 1.48 bits per heavy atom. The van der Waals surface area contributed by atoms with E-state index >= 15 is 0 Å². The zero-order valence-corrected chi connectivity index (χ0v) is 13.6. The molecular formula is C18H18F2N2O3. The molecule has 0 fully saturated rings. The summed E-state index contributed by atoms with van der Waals surface area (Å²) in [5.74, 6) is -1.36. The molecular weight excluding hydrogens is 330 g/mol. The molecule has 2 aromatic carbocycles. The smallest absolute Gasteiger partial charge is 0.328 e. The van der Waals surface area contributed by atoms with Crippen molar-refractivity contribution in [3.05, 3.63) is 71.3 Å². The summed E-state index contributed by atoms with van der Waals surface area (Å²) in [6.45, 7) is 0.177. The number of hydrogen-bond donors (Lipinski definition) is 2. The van der Waals surface area contributed by atoms with Gasteiger partial charge in [-0.3, -0.25) is 0 Å². The quantitative estimate of drug-likeness (QED) is 0.789. The number of hydrogen-bond acceptors (Lipinski definition) is 3. The Kier molecular flexibility index (Phi) is 6.45. The SMILES string of the molecule is COC(=O)C(Cc1ccc(F)cc1)NC(=O)NCc1ccc(F)cc1. The summed E-state index contributed by atoms with van der Waals surface area (Å²) in [5, 5.41) is 5.10. The van der Waals surface area contributed by atoms with Crippen LogP contribution in [0.2, 0.25) is 0 Å². The van der Waals surface area contributed by atoms with Crippen molar-refractivity contribution in [2.75, 3.05) is 7.11 Å². The summed E-state index contributed by atoms with van der Waals surface area (Å²) >= 11 is 0. The van der Waals surface area contributed by atoms with Crippen molar-refractivity contribution >= 4 is 12.0 Å². The first-order valence-electron chi connectivity index (χ1n) is 7.59. The molecule has 2 N–H and O–H groups in total. The molecule has 1 unspecified atom stereocenters. The molecule has 132 valence electrons. The predicted molar refractivity (Wildman–Crippen MR) is 87.7 cm³/mol. The first-order chi connectivity index (χ1) is 12.0. The summed E-state index contributed by atoms with van der Waals surface area (Å²) in [4.78, 5) is 23.8. The molecule has 0 aliphatic rings. The van der Waals surface area contributed by atoms with Crippen LogP contribution in [-0.2, 0) is 22.5 Å². The standard InChI is InChI=1S/C18H18F2N2O3/c1-25-17(23)16(10-12-2-6-14(19)7-3-12)22-18(24)21-11-13-4-8-15(20)9-5-13/h2-9,16H,10-11H2,1H3,(H2,21,22,24). The zero-order chi connectivity index (χ0) is 18.2. The van der Waals surface area contributed by atoms with Crippen molar-refractivity contribution in [2.24, 2.45) is 0 Å². The molecule has 2 amide bonds. The highest BCUT2D eigenvalue weighted by atomic mass is 19.1. The van der Waals surface area contributed by atoms with Gasteiger partial charge in [-0.2, -0.15) is 0 Å². The maximum Gasteiger partial charge on any atom is 0.328 e. The molecule has 2 aromatic rings. The van der Waals surface area contributed by atoms with Gasteiger partial charge in [0.05, 0.1) is 7.11 Å². The van der Waals surface area contributed by atoms with Gasteiger partial charge in [0.2, 0.25) is 0 Å². The fourth-order valence-corrected chi connectivity index (χ4v) is 2.19. The van der Waals surface area contributed by atoms with E-state index < -0.39 is 18.0 Å². The topological polar surface area (TPSA) is 67.4 Å². The molecule has 2 rings (SSSR count). The summed E-state index contributed by atoms with van der Waals surface area (Å²) in [5.41, 5.74) is 1.39. The number of esters is 1. The third-order valence-electron chi connectivity index (χ3n) is 3.51. The number of rotatable bonds is 6. The molecule has 7 heteroatoms. The van der Waals surface area contributed by atoms with Crippen molar-refractivity contribution in [1.29, 1.82) is 0 Å². The maximum atomic E-state index is 13.0. The van der Waals surface area contributed by atoms with E-state index in [1.54, 1.807) is 12.1 Å². The largest absolute Gasteiger partial charge is 0.467 e. The van der Waals surface area contributed by atoms with Gasteiger partial charge in [0.1, 0.15) is 17.7 Å². The van der Waals surface area contributed by atoms with Gasteiger partial charge in [-0.05, 0) is 35.4 Å². The first-order valence-corrected chi connectivity index (χ1v) is 7.59. The van der Waals surface area contributed by atoms with E-state index in [1.165, 1.54) is 43.5 Å². The Bertz CT molecular complexity index is 718. The third-order valence-corrected chi connectivity index (χ3v) is 3.51. The van der Waals surface area contributed by atoms with Gasteiger partial charge in [-0.1, -0.05) is 24.3 Å². The number of carbonyl (C=O) groups is 2. The Labute approximate surface area is 144 Å². The van der Waals surface area contributed by atoms with E-state index in [-0.39, 0.29) is 24.6 Å². The Morgan fingerprint density at radius 1 is 0.960 bits per heavy atom. The average molecular weight is 348 g/mol. The van der Waals surface area contributed by atoms with E-state index in [9.17, 15) is 18.4 Å². The zero-order valence-electron chi connectivity index (χ0n) is 13.6. The Hall–Kier alpha value is -2.96. The van der Waals surface area contributed by atoms with Gasteiger partial charge >= 0.3 is 12.0 Å². The summed E-state index contributed by atoms with van der Waals surface area (Å²) < 4.78 is 30.5. The highest BCUT2D eigenvalue weighted by Crippen LogP contribution is 2.07. The van der Waals surface area contributed by atoms with Gasteiger partial charge in [0.25, 0.3) is 0 Å². The van der Waals surface area contributed by atoms with Gasteiger partial charge in [0, 0.05) is 13.0 Å². The molecule has 0 saturated carbocycles. The lowest BCUT2D eigenvalue weighted by Crippen LogP contribution is -2.47. The van der Waals surface area contributed by atoms with Crippen LogP contribution in [0.3, 0.4) is 0 Å². The minimum Gasteiger partial charge on any atom is -0.467 e. The van der Waals surface area contributed by atoms with E-state index in [4.69, 9.17) is 0 Å². The van der Waals surface area contributed by atoms with E-state index in [0.717, 1.165) is 0 Å². The highest BCUT2D eigenvalue weighted by Gasteiger charge is 2.21. The van der Waals surface area contributed by atoms with Gasteiger partial charge < -0.3 is 15.4 Å². The minimum absolute atomic E-state index is 0.164. The summed E-state index contributed by atoms with van der Waals surface area (Å²) in [7, 11) is 1.22. The molecule has 0 aliphatic heterocycles. The van der Waals surface area contributed by atoms with Crippen LogP contribution in [0.15, 0.2) is 48.5 Å². The molecule has 5 nitrogen and oxygen atoms in total. The predicted octanol–water partition coefficient (Wildman–Crippen LogP) is 2.55. The fraction of sp³-hybridized carbons (Fsp3) is 0.222. The van der Waals surface area contributed by atoms with Gasteiger partial charge in [-0.25, -0.2) is 18.4 Å². The summed E-state index contributed by atoms with van der Waals surface area (Å²) in [6.07, 6.45) is 0.164. The van der Waals surface area contributed by atoms with Crippen molar-refractivity contribution < 1.29 is 23.1 Å². The second-order valence-corrected chi connectivity index (χ2v) is 5.36. The van der Waals surface area contributed by atoms with E-state index in [2.05, 4.69) is 15.4 Å².